The first-order valence-electron chi connectivity index (χ1n) is 6.54. The number of hydrogen-bond donors (Lipinski definition) is 1. The van der Waals surface area contributed by atoms with Gasteiger partial charge >= 0.3 is 0 Å². The third kappa shape index (κ3) is 2.75. The van der Waals surface area contributed by atoms with Crippen molar-refractivity contribution in [2.24, 2.45) is 0 Å². The molecule has 2 heterocycles. The van der Waals surface area contributed by atoms with Gasteiger partial charge < -0.3 is 0 Å². The van der Waals surface area contributed by atoms with E-state index in [4.69, 9.17) is 0 Å². The molecule has 1 N–H and O–H groups in total. The summed E-state index contributed by atoms with van der Waals surface area (Å²) >= 11 is 4.72. The summed E-state index contributed by atoms with van der Waals surface area (Å²) in [4.78, 5) is 4.88. The van der Waals surface area contributed by atoms with E-state index in [-0.39, 0.29) is 5.03 Å². The van der Waals surface area contributed by atoms with E-state index >= 15 is 0 Å². The molecule has 22 heavy (non-hydrogen) atoms. The molecule has 1 aromatic carbocycles. The Balaban J connectivity index is 2.06. The highest BCUT2D eigenvalue weighted by Crippen LogP contribution is 2.24. The highest BCUT2D eigenvalue weighted by atomic mass is 79.9. The van der Waals surface area contributed by atoms with Gasteiger partial charge in [0.2, 0.25) is 9.99 Å². The lowest BCUT2D eigenvalue weighted by molar-refractivity contribution is 0.592. The maximum absolute atomic E-state index is 12.7. The van der Waals surface area contributed by atoms with Gasteiger partial charge in [-0.1, -0.05) is 34.2 Å². The summed E-state index contributed by atoms with van der Waals surface area (Å²) in [7, 11) is -3.76. The first-order chi connectivity index (χ1) is 10.4. The fraction of sp³-hybridized carbons (Fsp3) is 0.231. The first kappa shape index (κ1) is 15.4. The molecule has 0 bridgehead atoms. The Bertz CT molecular complexity index is 929. The molecule has 0 aliphatic heterocycles. The van der Waals surface area contributed by atoms with Crippen molar-refractivity contribution in [2.75, 3.05) is 4.72 Å². The number of imidazole rings is 1. The van der Waals surface area contributed by atoms with E-state index < -0.39 is 10.0 Å². The number of rotatable bonds is 4. The van der Waals surface area contributed by atoms with Gasteiger partial charge in [0.1, 0.15) is 5.01 Å². The quantitative estimate of drug-likeness (QED) is 0.728. The molecule has 0 saturated carbocycles. The lowest BCUT2D eigenvalue weighted by Gasteiger charge is -2.07. The van der Waals surface area contributed by atoms with Crippen LogP contribution in [0.5, 0.6) is 0 Å². The SMILES string of the molecule is CCc1nn2c(S(=O)(=O)Nc3ccc(Br)cc3)c(C)nc2s1. The fourth-order valence-electron chi connectivity index (χ4n) is 2.04. The van der Waals surface area contributed by atoms with Crippen molar-refractivity contribution in [3.8, 4) is 0 Å². The molecule has 3 aromatic rings. The zero-order valence-electron chi connectivity index (χ0n) is 11.9. The summed E-state index contributed by atoms with van der Waals surface area (Å²) in [6, 6.07) is 6.92. The van der Waals surface area contributed by atoms with Crippen LogP contribution in [0.15, 0.2) is 33.8 Å². The summed E-state index contributed by atoms with van der Waals surface area (Å²) in [6.45, 7) is 3.64. The van der Waals surface area contributed by atoms with Crippen LogP contribution >= 0.6 is 27.3 Å². The molecule has 0 saturated heterocycles. The van der Waals surface area contributed by atoms with Gasteiger partial charge in [-0.25, -0.2) is 4.98 Å². The average Bonchev–Trinajstić information content (AvgIpc) is 2.96. The zero-order valence-corrected chi connectivity index (χ0v) is 15.1. The van der Waals surface area contributed by atoms with Crippen molar-refractivity contribution in [3.05, 3.63) is 39.4 Å². The van der Waals surface area contributed by atoms with Crippen LogP contribution in [0.2, 0.25) is 0 Å². The summed E-state index contributed by atoms with van der Waals surface area (Å²) in [5, 5.41) is 5.25. The van der Waals surface area contributed by atoms with E-state index in [1.807, 2.05) is 6.92 Å². The van der Waals surface area contributed by atoms with E-state index in [1.54, 1.807) is 31.2 Å². The third-order valence-electron chi connectivity index (χ3n) is 3.02. The van der Waals surface area contributed by atoms with Crippen molar-refractivity contribution in [2.45, 2.75) is 25.3 Å². The molecule has 9 heteroatoms. The number of aromatic nitrogens is 3. The topological polar surface area (TPSA) is 76.4 Å². The van der Waals surface area contributed by atoms with Gasteiger partial charge in [0.25, 0.3) is 10.0 Å². The van der Waals surface area contributed by atoms with Crippen molar-refractivity contribution < 1.29 is 8.42 Å². The van der Waals surface area contributed by atoms with Crippen LogP contribution in [-0.4, -0.2) is 23.0 Å². The van der Waals surface area contributed by atoms with Crippen LogP contribution in [0, 0.1) is 6.92 Å². The number of benzene rings is 1. The smallest absolute Gasteiger partial charge is 0.278 e. The van der Waals surface area contributed by atoms with Crippen LogP contribution in [0.1, 0.15) is 17.6 Å². The van der Waals surface area contributed by atoms with Gasteiger partial charge in [-0.05, 0) is 37.6 Å². The van der Waals surface area contributed by atoms with Crippen molar-refractivity contribution >= 4 is 47.9 Å². The Kier molecular flexibility index (Phi) is 3.96. The standard InChI is InChI=1S/C13H13BrN4O2S2/c1-3-11-16-18-12(8(2)15-13(18)21-11)22(19,20)17-10-6-4-9(14)5-7-10/h4-7,17H,3H2,1-2H3. The Morgan fingerprint density at radius 2 is 2.00 bits per heavy atom. The Morgan fingerprint density at radius 1 is 1.32 bits per heavy atom. The van der Waals surface area contributed by atoms with Gasteiger partial charge in [0.05, 0.1) is 5.69 Å². The molecule has 2 aromatic heterocycles. The van der Waals surface area contributed by atoms with Crippen LogP contribution < -0.4 is 4.72 Å². The van der Waals surface area contributed by atoms with Gasteiger partial charge in [-0.3, -0.25) is 4.72 Å². The molecular weight excluding hydrogens is 388 g/mol. The molecule has 0 radical (unpaired) electrons. The average molecular weight is 401 g/mol. The molecule has 0 spiro atoms. The molecule has 0 atom stereocenters. The number of sulfonamides is 1. The van der Waals surface area contributed by atoms with Crippen LogP contribution in [0.3, 0.4) is 0 Å². The lowest BCUT2D eigenvalue weighted by Crippen LogP contribution is -2.16. The van der Waals surface area contributed by atoms with Crippen molar-refractivity contribution in [3.63, 3.8) is 0 Å². The maximum Gasteiger partial charge on any atom is 0.281 e. The minimum atomic E-state index is -3.76. The van der Waals surface area contributed by atoms with E-state index in [0.717, 1.165) is 15.9 Å². The maximum atomic E-state index is 12.7. The Labute approximate surface area is 140 Å². The van der Waals surface area contributed by atoms with Crippen LogP contribution in [0.4, 0.5) is 5.69 Å². The normalized spacial score (nSPS) is 12.0. The molecule has 0 amide bonds. The lowest BCUT2D eigenvalue weighted by atomic mass is 10.3. The molecule has 0 aliphatic carbocycles. The fourth-order valence-corrected chi connectivity index (χ4v) is 4.58. The first-order valence-corrected chi connectivity index (χ1v) is 9.63. The zero-order chi connectivity index (χ0) is 15.9. The second-order valence-corrected chi connectivity index (χ2v) is 8.21. The van der Waals surface area contributed by atoms with Crippen molar-refractivity contribution in [1.29, 1.82) is 0 Å². The molecular formula is C13H13BrN4O2S2. The van der Waals surface area contributed by atoms with Crippen molar-refractivity contribution in [1.82, 2.24) is 14.6 Å². The molecule has 0 aliphatic rings. The van der Waals surface area contributed by atoms with Crippen LogP contribution in [-0.2, 0) is 16.4 Å². The predicted molar refractivity (Wildman–Crippen MR) is 89.9 cm³/mol. The molecule has 116 valence electrons. The minimum absolute atomic E-state index is 0.0846. The Hall–Kier alpha value is -1.45. The highest BCUT2D eigenvalue weighted by Gasteiger charge is 2.25. The second kappa shape index (κ2) is 5.64. The van der Waals surface area contributed by atoms with Gasteiger partial charge in [0, 0.05) is 10.2 Å². The van der Waals surface area contributed by atoms with E-state index in [2.05, 4.69) is 30.7 Å². The van der Waals surface area contributed by atoms with Gasteiger partial charge in [-0.15, -0.1) is 0 Å². The summed E-state index contributed by atoms with van der Waals surface area (Å²) in [6.07, 6.45) is 0.743. The van der Waals surface area contributed by atoms with E-state index in [1.165, 1.54) is 15.9 Å². The van der Waals surface area contributed by atoms with E-state index in [9.17, 15) is 8.42 Å². The molecule has 6 nitrogen and oxygen atoms in total. The summed E-state index contributed by atoms with van der Waals surface area (Å²) < 4.78 is 30.2. The summed E-state index contributed by atoms with van der Waals surface area (Å²) in [5.74, 6) is 0. The monoisotopic (exact) mass is 400 g/mol. The van der Waals surface area contributed by atoms with Gasteiger partial charge in [0.15, 0.2) is 0 Å². The second-order valence-electron chi connectivity index (χ2n) is 4.66. The largest absolute Gasteiger partial charge is 0.281 e. The Morgan fingerprint density at radius 3 is 2.64 bits per heavy atom. The number of halogens is 1. The predicted octanol–water partition coefficient (Wildman–Crippen LogP) is 3.22. The number of aryl methyl sites for hydroxylation is 2. The number of anilines is 1. The molecule has 3 rings (SSSR count). The number of fused-ring (bicyclic) bond motifs is 1. The number of nitrogens with one attached hydrogen (secondary N) is 1. The number of hydrogen-bond acceptors (Lipinski definition) is 5. The minimum Gasteiger partial charge on any atom is -0.278 e. The van der Waals surface area contributed by atoms with Crippen LogP contribution in [0.25, 0.3) is 4.96 Å². The molecule has 0 fully saturated rings. The van der Waals surface area contributed by atoms with E-state index in [0.29, 0.717) is 16.3 Å². The van der Waals surface area contributed by atoms with Gasteiger partial charge in [-0.2, -0.15) is 18.0 Å². The highest BCUT2D eigenvalue weighted by molar-refractivity contribution is 9.10. The summed E-state index contributed by atoms with van der Waals surface area (Å²) in [5.41, 5.74) is 0.925. The third-order valence-corrected chi connectivity index (χ3v) is 6.08. The molecule has 0 unspecified atom stereocenters. The number of nitrogens with zero attached hydrogens (tertiary/aromatic N) is 3.